The molecular weight excluding hydrogens is 236 g/mol. The predicted molar refractivity (Wildman–Crippen MR) is 68.2 cm³/mol. The molecule has 3 nitrogen and oxygen atoms in total. The van der Waals surface area contributed by atoms with Crippen LogP contribution in [0.3, 0.4) is 0 Å². The lowest BCUT2D eigenvalue weighted by atomic mass is 9.94. The van der Waals surface area contributed by atoms with E-state index in [1.807, 2.05) is 11.9 Å². The van der Waals surface area contributed by atoms with Gasteiger partial charge in [0.05, 0.1) is 5.56 Å². The number of carbonyl (C=O) groups is 1. The maximum Gasteiger partial charge on any atom is 0.256 e. The summed E-state index contributed by atoms with van der Waals surface area (Å²) >= 11 is 5.94. The summed E-state index contributed by atoms with van der Waals surface area (Å²) in [6, 6.07) is 3.83. The van der Waals surface area contributed by atoms with Gasteiger partial charge in [-0.2, -0.15) is 0 Å². The molecule has 1 heterocycles. The van der Waals surface area contributed by atoms with Gasteiger partial charge in [0.15, 0.2) is 0 Å². The van der Waals surface area contributed by atoms with Crippen LogP contribution in [0.15, 0.2) is 18.3 Å². The molecule has 0 N–H and O–H groups in total. The first kappa shape index (κ1) is 12.4. The Hall–Kier alpha value is -1.09. The van der Waals surface area contributed by atoms with Crippen molar-refractivity contribution < 1.29 is 4.79 Å². The Morgan fingerprint density at radius 2 is 2.12 bits per heavy atom. The van der Waals surface area contributed by atoms with Gasteiger partial charge in [0.25, 0.3) is 5.91 Å². The number of nitrogens with zero attached hydrogens (tertiary/aromatic N) is 2. The minimum Gasteiger partial charge on any atom is -0.339 e. The molecule has 1 aromatic heterocycles. The van der Waals surface area contributed by atoms with Crippen LogP contribution in [0.25, 0.3) is 0 Å². The summed E-state index contributed by atoms with van der Waals surface area (Å²) in [5.74, 6) is -0.0185. The fourth-order valence-corrected chi connectivity index (χ4v) is 2.57. The number of carbonyl (C=O) groups excluding carboxylic acids is 1. The van der Waals surface area contributed by atoms with Crippen LogP contribution in [0.2, 0.25) is 5.15 Å². The Balaban J connectivity index is 2.11. The zero-order valence-corrected chi connectivity index (χ0v) is 10.8. The second-order valence-corrected chi connectivity index (χ2v) is 4.91. The number of pyridine rings is 1. The Kier molecular flexibility index (Phi) is 4.00. The first-order valence-electron chi connectivity index (χ1n) is 6.08. The standard InChI is InChI=1S/C13H17ClN2O/c1-16(10-6-3-2-4-7-10)13(17)11-8-5-9-15-12(11)14/h5,8-10H,2-4,6-7H2,1H3. The van der Waals surface area contributed by atoms with Crippen molar-refractivity contribution in [1.82, 2.24) is 9.88 Å². The number of hydrogen-bond acceptors (Lipinski definition) is 2. The summed E-state index contributed by atoms with van der Waals surface area (Å²) in [7, 11) is 1.86. The van der Waals surface area contributed by atoms with Crippen molar-refractivity contribution in [3.63, 3.8) is 0 Å². The second kappa shape index (κ2) is 5.50. The van der Waals surface area contributed by atoms with Gasteiger partial charge in [0, 0.05) is 19.3 Å². The molecule has 1 amide bonds. The van der Waals surface area contributed by atoms with Gasteiger partial charge in [-0.05, 0) is 25.0 Å². The molecule has 92 valence electrons. The zero-order chi connectivity index (χ0) is 12.3. The van der Waals surface area contributed by atoms with Gasteiger partial charge in [-0.15, -0.1) is 0 Å². The van der Waals surface area contributed by atoms with Gasteiger partial charge in [-0.25, -0.2) is 4.98 Å². The van der Waals surface area contributed by atoms with Crippen molar-refractivity contribution in [3.05, 3.63) is 29.0 Å². The highest BCUT2D eigenvalue weighted by Crippen LogP contribution is 2.24. The van der Waals surface area contributed by atoms with Crippen LogP contribution in [-0.4, -0.2) is 28.9 Å². The Morgan fingerprint density at radius 1 is 1.41 bits per heavy atom. The summed E-state index contributed by atoms with van der Waals surface area (Å²) in [6.07, 6.45) is 7.50. The number of hydrogen-bond donors (Lipinski definition) is 0. The summed E-state index contributed by atoms with van der Waals surface area (Å²) in [6.45, 7) is 0. The highest BCUT2D eigenvalue weighted by Gasteiger charge is 2.24. The molecule has 2 rings (SSSR count). The summed E-state index contributed by atoms with van der Waals surface area (Å²) in [5, 5.41) is 0.292. The zero-order valence-electron chi connectivity index (χ0n) is 10.0. The third-order valence-corrected chi connectivity index (χ3v) is 3.73. The van der Waals surface area contributed by atoms with Crippen molar-refractivity contribution in [2.75, 3.05) is 7.05 Å². The van der Waals surface area contributed by atoms with Crippen molar-refractivity contribution in [3.8, 4) is 0 Å². The smallest absolute Gasteiger partial charge is 0.256 e. The molecule has 0 unspecified atom stereocenters. The third-order valence-electron chi connectivity index (χ3n) is 3.43. The van der Waals surface area contributed by atoms with E-state index in [4.69, 9.17) is 11.6 Å². The van der Waals surface area contributed by atoms with Crippen molar-refractivity contribution in [2.24, 2.45) is 0 Å². The van der Waals surface area contributed by atoms with Crippen LogP contribution in [0.5, 0.6) is 0 Å². The van der Waals surface area contributed by atoms with Crippen LogP contribution >= 0.6 is 11.6 Å². The monoisotopic (exact) mass is 252 g/mol. The van der Waals surface area contributed by atoms with Crippen molar-refractivity contribution in [1.29, 1.82) is 0 Å². The molecule has 0 aromatic carbocycles. The van der Waals surface area contributed by atoms with Crippen LogP contribution in [0, 0.1) is 0 Å². The Morgan fingerprint density at radius 3 is 2.76 bits per heavy atom. The summed E-state index contributed by atoms with van der Waals surface area (Å²) in [4.78, 5) is 18.0. The number of rotatable bonds is 2. The molecule has 0 atom stereocenters. The molecule has 0 bridgehead atoms. The SMILES string of the molecule is CN(C(=O)c1cccnc1Cl)C1CCCCC1. The highest BCUT2D eigenvalue weighted by atomic mass is 35.5. The molecule has 1 aliphatic carbocycles. The Bertz CT molecular complexity index is 402. The molecular formula is C13H17ClN2O. The quantitative estimate of drug-likeness (QED) is 0.758. The van der Waals surface area contributed by atoms with Gasteiger partial charge in [-0.3, -0.25) is 4.79 Å². The lowest BCUT2D eigenvalue weighted by Crippen LogP contribution is -2.38. The van der Waals surface area contributed by atoms with Crippen LogP contribution in [0.1, 0.15) is 42.5 Å². The lowest BCUT2D eigenvalue weighted by molar-refractivity contribution is 0.0696. The lowest BCUT2D eigenvalue weighted by Gasteiger charge is -2.31. The van der Waals surface area contributed by atoms with Gasteiger partial charge in [0.2, 0.25) is 0 Å². The average Bonchev–Trinajstić information content (AvgIpc) is 2.39. The fraction of sp³-hybridized carbons (Fsp3) is 0.538. The first-order valence-corrected chi connectivity index (χ1v) is 6.45. The molecule has 1 aliphatic rings. The number of aromatic nitrogens is 1. The normalized spacial score (nSPS) is 16.8. The second-order valence-electron chi connectivity index (χ2n) is 4.55. The van der Waals surface area contributed by atoms with Crippen LogP contribution < -0.4 is 0 Å². The predicted octanol–water partition coefficient (Wildman–Crippen LogP) is 3.14. The molecule has 0 aliphatic heterocycles. The minimum atomic E-state index is -0.0185. The molecule has 1 aromatic rings. The summed E-state index contributed by atoms with van der Waals surface area (Å²) < 4.78 is 0. The molecule has 0 saturated heterocycles. The molecule has 17 heavy (non-hydrogen) atoms. The van der Waals surface area contributed by atoms with E-state index in [1.54, 1.807) is 18.3 Å². The molecule has 0 spiro atoms. The molecule has 0 radical (unpaired) electrons. The highest BCUT2D eigenvalue weighted by molar-refractivity contribution is 6.32. The van der Waals surface area contributed by atoms with E-state index in [0.717, 1.165) is 12.8 Å². The maximum absolute atomic E-state index is 12.3. The van der Waals surface area contributed by atoms with Crippen molar-refractivity contribution in [2.45, 2.75) is 38.1 Å². The van der Waals surface area contributed by atoms with Gasteiger partial charge < -0.3 is 4.90 Å². The fourth-order valence-electron chi connectivity index (χ4n) is 2.37. The van der Waals surface area contributed by atoms with E-state index in [-0.39, 0.29) is 5.91 Å². The number of halogens is 1. The molecule has 1 saturated carbocycles. The molecule has 4 heteroatoms. The maximum atomic E-state index is 12.3. The van der Waals surface area contributed by atoms with E-state index in [9.17, 15) is 4.79 Å². The number of amides is 1. The largest absolute Gasteiger partial charge is 0.339 e. The van der Waals surface area contributed by atoms with E-state index >= 15 is 0 Å². The third kappa shape index (κ3) is 2.78. The minimum absolute atomic E-state index is 0.0185. The van der Waals surface area contributed by atoms with E-state index in [1.165, 1.54) is 19.3 Å². The van der Waals surface area contributed by atoms with Gasteiger partial charge in [0.1, 0.15) is 5.15 Å². The first-order chi connectivity index (χ1) is 8.20. The molecule has 1 fully saturated rings. The van der Waals surface area contributed by atoms with Crippen LogP contribution in [0.4, 0.5) is 0 Å². The Labute approximate surface area is 107 Å². The average molecular weight is 253 g/mol. The van der Waals surface area contributed by atoms with Gasteiger partial charge >= 0.3 is 0 Å². The van der Waals surface area contributed by atoms with E-state index in [0.29, 0.717) is 16.8 Å². The van der Waals surface area contributed by atoms with Gasteiger partial charge in [-0.1, -0.05) is 30.9 Å². The van der Waals surface area contributed by atoms with Crippen LogP contribution in [-0.2, 0) is 0 Å². The van der Waals surface area contributed by atoms with E-state index < -0.39 is 0 Å². The summed E-state index contributed by atoms with van der Waals surface area (Å²) in [5.41, 5.74) is 0.502. The van der Waals surface area contributed by atoms with Crippen molar-refractivity contribution >= 4 is 17.5 Å². The van der Waals surface area contributed by atoms with E-state index in [2.05, 4.69) is 4.98 Å². The topological polar surface area (TPSA) is 33.2 Å².